The lowest BCUT2D eigenvalue weighted by Crippen LogP contribution is -2.25. The van der Waals surface area contributed by atoms with E-state index in [4.69, 9.17) is 11.6 Å². The highest BCUT2D eigenvalue weighted by Crippen LogP contribution is 2.37. The SMILES string of the molecule is CN1CCC(CNc2ccc(C(=O)Nc3ccccc3)nn2)C1c1ccc(Cl)c(F)c1. The number of anilines is 2. The van der Waals surface area contributed by atoms with Crippen molar-refractivity contribution in [3.63, 3.8) is 0 Å². The molecule has 2 aromatic carbocycles. The molecule has 1 saturated heterocycles. The molecule has 160 valence electrons. The molecule has 0 saturated carbocycles. The van der Waals surface area contributed by atoms with Crippen LogP contribution in [-0.4, -0.2) is 41.1 Å². The van der Waals surface area contributed by atoms with E-state index in [1.54, 1.807) is 18.2 Å². The van der Waals surface area contributed by atoms with Crippen molar-refractivity contribution in [1.29, 1.82) is 0 Å². The highest BCUT2D eigenvalue weighted by Gasteiger charge is 2.33. The highest BCUT2D eigenvalue weighted by molar-refractivity contribution is 6.30. The number of nitrogens with zero attached hydrogens (tertiary/aromatic N) is 3. The maximum absolute atomic E-state index is 14.0. The average molecular weight is 440 g/mol. The van der Waals surface area contributed by atoms with E-state index in [2.05, 4.69) is 25.7 Å². The summed E-state index contributed by atoms with van der Waals surface area (Å²) in [6.45, 7) is 1.58. The van der Waals surface area contributed by atoms with E-state index in [0.717, 1.165) is 18.5 Å². The van der Waals surface area contributed by atoms with Crippen LogP contribution in [0.3, 0.4) is 0 Å². The maximum atomic E-state index is 14.0. The summed E-state index contributed by atoms with van der Waals surface area (Å²) < 4.78 is 14.0. The number of rotatable bonds is 6. The number of hydrogen-bond acceptors (Lipinski definition) is 5. The minimum absolute atomic E-state index is 0.0862. The van der Waals surface area contributed by atoms with E-state index in [0.29, 0.717) is 18.1 Å². The fourth-order valence-electron chi connectivity index (χ4n) is 3.96. The van der Waals surface area contributed by atoms with Gasteiger partial charge in [-0.3, -0.25) is 9.69 Å². The Bertz CT molecular complexity index is 1050. The van der Waals surface area contributed by atoms with E-state index in [1.807, 2.05) is 43.4 Å². The summed E-state index contributed by atoms with van der Waals surface area (Å²) in [5.41, 5.74) is 1.85. The molecule has 6 nitrogen and oxygen atoms in total. The number of carbonyl (C=O) groups excluding carboxylic acids is 1. The lowest BCUT2D eigenvalue weighted by atomic mass is 9.93. The van der Waals surface area contributed by atoms with Gasteiger partial charge in [0.25, 0.3) is 5.91 Å². The topological polar surface area (TPSA) is 70.2 Å². The van der Waals surface area contributed by atoms with Crippen molar-refractivity contribution >= 4 is 29.0 Å². The van der Waals surface area contributed by atoms with Gasteiger partial charge in [-0.15, -0.1) is 10.2 Å². The molecule has 4 rings (SSSR count). The van der Waals surface area contributed by atoms with Crippen molar-refractivity contribution in [2.45, 2.75) is 12.5 Å². The van der Waals surface area contributed by atoms with Crippen LogP contribution in [0.25, 0.3) is 0 Å². The first-order valence-corrected chi connectivity index (χ1v) is 10.5. The zero-order chi connectivity index (χ0) is 21.8. The van der Waals surface area contributed by atoms with E-state index >= 15 is 0 Å². The van der Waals surface area contributed by atoms with Gasteiger partial charge in [-0.05, 0) is 67.9 Å². The van der Waals surface area contributed by atoms with E-state index in [1.165, 1.54) is 6.07 Å². The largest absolute Gasteiger partial charge is 0.368 e. The molecule has 2 atom stereocenters. The van der Waals surface area contributed by atoms with Gasteiger partial charge in [-0.2, -0.15) is 0 Å². The zero-order valence-electron chi connectivity index (χ0n) is 17.1. The fourth-order valence-corrected chi connectivity index (χ4v) is 4.08. The smallest absolute Gasteiger partial charge is 0.276 e. The summed E-state index contributed by atoms with van der Waals surface area (Å²) in [6, 6.07) is 17.7. The first kappa shape index (κ1) is 21.2. The second kappa shape index (κ2) is 9.41. The third-order valence-corrected chi connectivity index (χ3v) is 5.84. The Kier molecular flexibility index (Phi) is 6.44. The number of halogens is 2. The summed E-state index contributed by atoms with van der Waals surface area (Å²) in [5.74, 6) is 0.147. The molecule has 0 aliphatic carbocycles. The minimum atomic E-state index is -0.401. The molecule has 3 aromatic rings. The number of carbonyl (C=O) groups is 1. The minimum Gasteiger partial charge on any atom is -0.368 e. The molecule has 1 aliphatic heterocycles. The summed E-state index contributed by atoms with van der Waals surface area (Å²) in [4.78, 5) is 14.5. The first-order valence-electron chi connectivity index (χ1n) is 10.1. The molecule has 1 fully saturated rings. The molecule has 1 amide bonds. The van der Waals surface area contributed by atoms with Crippen LogP contribution in [0.4, 0.5) is 15.9 Å². The van der Waals surface area contributed by atoms with E-state index < -0.39 is 5.82 Å². The van der Waals surface area contributed by atoms with Crippen LogP contribution >= 0.6 is 11.6 Å². The molecule has 0 radical (unpaired) electrons. The lowest BCUT2D eigenvalue weighted by Gasteiger charge is -2.26. The average Bonchev–Trinajstić information content (AvgIpc) is 3.15. The van der Waals surface area contributed by atoms with Crippen molar-refractivity contribution in [1.82, 2.24) is 15.1 Å². The summed E-state index contributed by atoms with van der Waals surface area (Å²) in [6.07, 6.45) is 0.976. The fraction of sp³-hybridized carbons (Fsp3) is 0.261. The quantitative estimate of drug-likeness (QED) is 0.586. The predicted octanol–water partition coefficient (Wildman–Crippen LogP) is 4.63. The van der Waals surface area contributed by atoms with Crippen LogP contribution in [0, 0.1) is 11.7 Å². The Labute approximate surface area is 185 Å². The Balaban J connectivity index is 1.38. The zero-order valence-corrected chi connectivity index (χ0v) is 17.8. The van der Waals surface area contributed by atoms with E-state index in [9.17, 15) is 9.18 Å². The predicted molar refractivity (Wildman–Crippen MR) is 120 cm³/mol. The van der Waals surface area contributed by atoms with Gasteiger partial charge in [-0.1, -0.05) is 35.9 Å². The molecule has 8 heteroatoms. The number of nitrogens with one attached hydrogen (secondary N) is 2. The van der Waals surface area contributed by atoms with Crippen LogP contribution in [0.15, 0.2) is 60.7 Å². The Morgan fingerprint density at radius 2 is 1.97 bits per heavy atom. The van der Waals surface area contributed by atoms with Crippen LogP contribution in [-0.2, 0) is 0 Å². The second-order valence-electron chi connectivity index (χ2n) is 7.65. The molecule has 2 N–H and O–H groups in total. The third kappa shape index (κ3) is 5.00. The van der Waals surface area contributed by atoms with Crippen LogP contribution in [0.2, 0.25) is 5.02 Å². The first-order chi connectivity index (χ1) is 15.0. The lowest BCUT2D eigenvalue weighted by molar-refractivity contribution is 0.102. The van der Waals surface area contributed by atoms with Gasteiger partial charge >= 0.3 is 0 Å². The Morgan fingerprint density at radius 1 is 1.16 bits per heavy atom. The van der Waals surface area contributed by atoms with Crippen molar-refractivity contribution in [3.05, 3.63) is 82.8 Å². The Hall–Kier alpha value is -3.03. The van der Waals surface area contributed by atoms with Crippen LogP contribution < -0.4 is 10.6 Å². The number of benzene rings is 2. The molecule has 1 aliphatic rings. The van der Waals surface area contributed by atoms with Gasteiger partial charge in [0.2, 0.25) is 0 Å². The molecular weight excluding hydrogens is 417 g/mol. The number of likely N-dealkylation sites (tertiary alicyclic amines) is 1. The van der Waals surface area contributed by atoms with Crippen LogP contribution in [0.5, 0.6) is 0 Å². The standard InChI is InChI=1S/C23H23ClFN5O/c1-30-12-11-16(22(30)15-7-8-18(24)19(25)13-15)14-26-21-10-9-20(28-29-21)23(31)27-17-5-3-2-4-6-17/h2-10,13,16,22H,11-12,14H2,1H3,(H,26,29)(H,27,31). The molecule has 31 heavy (non-hydrogen) atoms. The summed E-state index contributed by atoms with van der Waals surface area (Å²) in [5, 5.41) is 14.4. The van der Waals surface area contributed by atoms with Gasteiger partial charge in [0.1, 0.15) is 11.6 Å². The molecular formula is C23H23ClFN5O. The molecule has 0 bridgehead atoms. The second-order valence-corrected chi connectivity index (χ2v) is 8.06. The van der Waals surface area contributed by atoms with Crippen molar-refractivity contribution in [3.8, 4) is 0 Å². The number of amides is 1. The third-order valence-electron chi connectivity index (χ3n) is 5.53. The van der Waals surface area contributed by atoms with Gasteiger partial charge in [0.15, 0.2) is 5.69 Å². The van der Waals surface area contributed by atoms with Crippen molar-refractivity contribution in [2.75, 3.05) is 30.8 Å². The van der Waals surface area contributed by atoms with Gasteiger partial charge < -0.3 is 10.6 Å². The number of aromatic nitrogens is 2. The highest BCUT2D eigenvalue weighted by atomic mass is 35.5. The van der Waals surface area contributed by atoms with Crippen molar-refractivity contribution < 1.29 is 9.18 Å². The number of para-hydroxylation sites is 1. The van der Waals surface area contributed by atoms with Gasteiger partial charge in [0, 0.05) is 18.3 Å². The maximum Gasteiger partial charge on any atom is 0.276 e. The number of hydrogen-bond donors (Lipinski definition) is 2. The normalized spacial score (nSPS) is 18.7. The Morgan fingerprint density at radius 3 is 2.68 bits per heavy atom. The summed E-state index contributed by atoms with van der Waals surface area (Å²) in [7, 11) is 2.04. The molecule has 1 aromatic heterocycles. The molecule has 0 spiro atoms. The van der Waals surface area contributed by atoms with Gasteiger partial charge in [0.05, 0.1) is 5.02 Å². The molecule has 2 unspecified atom stereocenters. The van der Waals surface area contributed by atoms with Crippen LogP contribution in [0.1, 0.15) is 28.5 Å². The van der Waals surface area contributed by atoms with Gasteiger partial charge in [-0.25, -0.2) is 4.39 Å². The van der Waals surface area contributed by atoms with E-state index in [-0.39, 0.29) is 28.6 Å². The monoisotopic (exact) mass is 439 g/mol. The summed E-state index contributed by atoms with van der Waals surface area (Å²) >= 11 is 5.84. The van der Waals surface area contributed by atoms with Crippen molar-refractivity contribution in [2.24, 2.45) is 5.92 Å². The molecule has 2 heterocycles.